The number of hydrogen-bond acceptors (Lipinski definition) is 4. The van der Waals surface area contributed by atoms with Gasteiger partial charge in [-0.25, -0.2) is 4.79 Å². The number of carbonyl (C=O) groups is 2. The first-order valence-corrected chi connectivity index (χ1v) is 9.80. The highest BCUT2D eigenvalue weighted by Gasteiger charge is 2.36. The Labute approximate surface area is 163 Å². The van der Waals surface area contributed by atoms with Gasteiger partial charge in [0, 0.05) is 43.5 Å². The molecule has 9 heteroatoms. The highest BCUT2D eigenvalue weighted by molar-refractivity contribution is 5.91. The standard InChI is InChI=1S/C19H26N6O3/c1-24-11-13(10-20-24)8-18(26)21-17-9-16(22-23-17)14-3-2-12(6-14)7-15-4-5-25(15)19(27)28/h9-12,14-15H,2-8H2,1H3,(H,27,28)(H2,21,22,23,26)/t12?,14?,15-/m0/s1. The number of likely N-dealkylation sites (tertiary alicyclic amines) is 1. The molecule has 28 heavy (non-hydrogen) atoms. The summed E-state index contributed by atoms with van der Waals surface area (Å²) in [5, 5.41) is 23.3. The molecule has 2 unspecified atom stereocenters. The minimum atomic E-state index is -0.800. The van der Waals surface area contributed by atoms with Gasteiger partial charge in [0.25, 0.3) is 0 Å². The minimum absolute atomic E-state index is 0.117. The first-order valence-electron chi connectivity index (χ1n) is 9.80. The Kier molecular flexibility index (Phi) is 5.06. The zero-order valence-corrected chi connectivity index (χ0v) is 16.0. The van der Waals surface area contributed by atoms with Gasteiger partial charge < -0.3 is 15.3 Å². The maximum atomic E-state index is 12.2. The summed E-state index contributed by atoms with van der Waals surface area (Å²) in [6, 6.07) is 2.10. The molecule has 2 amide bonds. The molecule has 0 aromatic carbocycles. The maximum absolute atomic E-state index is 12.2. The molecule has 3 atom stereocenters. The second-order valence-electron chi connectivity index (χ2n) is 7.99. The van der Waals surface area contributed by atoms with Gasteiger partial charge in [-0.05, 0) is 43.6 Å². The van der Waals surface area contributed by atoms with E-state index in [2.05, 4.69) is 20.6 Å². The third-order valence-electron chi connectivity index (χ3n) is 5.96. The van der Waals surface area contributed by atoms with Crippen LogP contribution >= 0.6 is 0 Å². The van der Waals surface area contributed by atoms with Crippen molar-refractivity contribution in [2.45, 2.75) is 50.5 Å². The predicted molar refractivity (Wildman–Crippen MR) is 102 cm³/mol. The van der Waals surface area contributed by atoms with E-state index in [0.29, 0.717) is 24.2 Å². The van der Waals surface area contributed by atoms with Crippen LogP contribution in [0.4, 0.5) is 10.6 Å². The molecular weight excluding hydrogens is 360 g/mol. The number of aryl methyl sites for hydroxylation is 1. The molecule has 150 valence electrons. The van der Waals surface area contributed by atoms with Gasteiger partial charge in [-0.15, -0.1) is 0 Å². The first kappa shape index (κ1) is 18.5. The topological polar surface area (TPSA) is 116 Å². The van der Waals surface area contributed by atoms with Crippen molar-refractivity contribution in [2.24, 2.45) is 13.0 Å². The van der Waals surface area contributed by atoms with Crippen molar-refractivity contribution in [3.8, 4) is 0 Å². The molecule has 0 bridgehead atoms. The summed E-state index contributed by atoms with van der Waals surface area (Å²) in [4.78, 5) is 24.9. The molecule has 0 radical (unpaired) electrons. The van der Waals surface area contributed by atoms with Gasteiger partial charge in [-0.1, -0.05) is 0 Å². The molecule has 0 spiro atoms. The summed E-state index contributed by atoms with van der Waals surface area (Å²) < 4.78 is 1.67. The second-order valence-corrected chi connectivity index (χ2v) is 7.99. The number of amides is 2. The van der Waals surface area contributed by atoms with Crippen LogP contribution in [-0.2, 0) is 18.3 Å². The highest BCUT2D eigenvalue weighted by Crippen LogP contribution is 2.41. The van der Waals surface area contributed by atoms with Crippen LogP contribution in [0.25, 0.3) is 0 Å². The zero-order chi connectivity index (χ0) is 19.7. The Bertz CT molecular complexity index is 859. The van der Waals surface area contributed by atoms with E-state index in [9.17, 15) is 9.59 Å². The van der Waals surface area contributed by atoms with E-state index in [-0.39, 0.29) is 18.4 Å². The quantitative estimate of drug-likeness (QED) is 0.705. The Hall–Kier alpha value is -2.84. The molecule has 2 aromatic rings. The van der Waals surface area contributed by atoms with Gasteiger partial charge in [0.2, 0.25) is 5.91 Å². The normalized spacial score (nSPS) is 24.2. The summed E-state index contributed by atoms with van der Waals surface area (Å²) in [6.07, 6.45) is 8.11. The van der Waals surface area contributed by atoms with Crippen LogP contribution in [0, 0.1) is 5.92 Å². The van der Waals surface area contributed by atoms with E-state index < -0.39 is 6.09 Å². The fourth-order valence-corrected chi connectivity index (χ4v) is 4.44. The number of aromatic amines is 1. The van der Waals surface area contributed by atoms with Gasteiger partial charge in [0.05, 0.1) is 12.6 Å². The summed E-state index contributed by atoms with van der Waals surface area (Å²) in [5.41, 5.74) is 1.91. The number of nitrogens with zero attached hydrogens (tertiary/aromatic N) is 4. The van der Waals surface area contributed by atoms with E-state index >= 15 is 0 Å². The van der Waals surface area contributed by atoms with Crippen LogP contribution in [-0.4, -0.2) is 54.6 Å². The lowest BCUT2D eigenvalue weighted by molar-refractivity contribution is -0.115. The van der Waals surface area contributed by atoms with Crippen LogP contribution in [0.5, 0.6) is 0 Å². The van der Waals surface area contributed by atoms with Gasteiger partial charge in [0.15, 0.2) is 5.82 Å². The van der Waals surface area contributed by atoms with Crippen LogP contribution in [0.2, 0.25) is 0 Å². The van der Waals surface area contributed by atoms with Crippen LogP contribution in [0.1, 0.15) is 49.3 Å². The third kappa shape index (κ3) is 4.02. The van der Waals surface area contributed by atoms with Crippen molar-refractivity contribution in [3.05, 3.63) is 29.7 Å². The number of hydrogen-bond donors (Lipinski definition) is 3. The molecule has 9 nitrogen and oxygen atoms in total. The molecule has 1 saturated carbocycles. The SMILES string of the molecule is Cn1cc(CC(=O)Nc2cc(C3CCC(C[C@@H]4CCN4C(=O)O)C3)[nH]n2)cn1. The number of nitrogens with one attached hydrogen (secondary N) is 2. The molecule has 4 rings (SSSR count). The third-order valence-corrected chi connectivity index (χ3v) is 5.96. The fourth-order valence-electron chi connectivity index (χ4n) is 4.44. The van der Waals surface area contributed by atoms with Crippen molar-refractivity contribution in [1.82, 2.24) is 24.9 Å². The molecular formula is C19H26N6O3. The lowest BCUT2D eigenvalue weighted by Crippen LogP contribution is -2.51. The number of aromatic nitrogens is 4. The van der Waals surface area contributed by atoms with Gasteiger partial charge in [-0.3, -0.25) is 14.6 Å². The summed E-state index contributed by atoms with van der Waals surface area (Å²) >= 11 is 0. The minimum Gasteiger partial charge on any atom is -0.465 e. The van der Waals surface area contributed by atoms with E-state index in [1.165, 1.54) is 0 Å². The number of carbonyl (C=O) groups excluding carboxylic acids is 1. The molecule has 2 aromatic heterocycles. The zero-order valence-electron chi connectivity index (χ0n) is 16.0. The summed E-state index contributed by atoms with van der Waals surface area (Å²) in [7, 11) is 1.82. The van der Waals surface area contributed by atoms with Crippen molar-refractivity contribution >= 4 is 17.8 Å². The lowest BCUT2D eigenvalue weighted by Gasteiger charge is -2.40. The van der Waals surface area contributed by atoms with Crippen LogP contribution in [0.15, 0.2) is 18.5 Å². The van der Waals surface area contributed by atoms with Crippen LogP contribution in [0.3, 0.4) is 0 Å². The van der Waals surface area contributed by atoms with Crippen molar-refractivity contribution in [2.75, 3.05) is 11.9 Å². The van der Waals surface area contributed by atoms with E-state index in [1.54, 1.807) is 15.8 Å². The van der Waals surface area contributed by atoms with Gasteiger partial charge in [0.1, 0.15) is 0 Å². The van der Waals surface area contributed by atoms with Crippen molar-refractivity contribution < 1.29 is 14.7 Å². The molecule has 2 aliphatic rings. The Balaban J connectivity index is 1.27. The maximum Gasteiger partial charge on any atom is 0.407 e. The largest absolute Gasteiger partial charge is 0.465 e. The Morgan fingerprint density at radius 2 is 2.21 bits per heavy atom. The first-order chi connectivity index (χ1) is 13.5. The average Bonchev–Trinajstić information content (AvgIpc) is 3.32. The van der Waals surface area contributed by atoms with Gasteiger partial charge >= 0.3 is 6.09 Å². The lowest BCUT2D eigenvalue weighted by atomic mass is 9.90. The van der Waals surface area contributed by atoms with E-state index in [4.69, 9.17) is 5.11 Å². The van der Waals surface area contributed by atoms with E-state index in [1.807, 2.05) is 19.3 Å². The second kappa shape index (κ2) is 7.65. The fraction of sp³-hybridized carbons (Fsp3) is 0.579. The molecule has 1 aliphatic carbocycles. The highest BCUT2D eigenvalue weighted by atomic mass is 16.4. The molecule has 2 fully saturated rings. The molecule has 3 heterocycles. The van der Waals surface area contributed by atoms with E-state index in [0.717, 1.165) is 43.4 Å². The van der Waals surface area contributed by atoms with Crippen molar-refractivity contribution in [1.29, 1.82) is 0 Å². The average molecular weight is 386 g/mol. The molecule has 1 aliphatic heterocycles. The smallest absolute Gasteiger partial charge is 0.407 e. The van der Waals surface area contributed by atoms with Gasteiger partial charge in [-0.2, -0.15) is 10.2 Å². The Morgan fingerprint density at radius 1 is 1.36 bits per heavy atom. The number of H-pyrrole nitrogens is 1. The van der Waals surface area contributed by atoms with Crippen LogP contribution < -0.4 is 5.32 Å². The van der Waals surface area contributed by atoms with Crippen molar-refractivity contribution in [3.63, 3.8) is 0 Å². The number of rotatable bonds is 6. The predicted octanol–water partition coefficient (Wildman–Crippen LogP) is 2.35. The number of anilines is 1. The Morgan fingerprint density at radius 3 is 2.89 bits per heavy atom. The summed E-state index contributed by atoms with van der Waals surface area (Å²) in [6.45, 7) is 0.665. The molecule has 3 N–H and O–H groups in total. The number of carboxylic acid groups (broad SMARTS) is 1. The monoisotopic (exact) mass is 386 g/mol. The summed E-state index contributed by atoms with van der Waals surface area (Å²) in [5.74, 6) is 1.36. The molecule has 1 saturated heterocycles.